The van der Waals surface area contributed by atoms with Gasteiger partial charge in [0, 0.05) is 12.0 Å². The molecule has 8 nitrogen and oxygen atoms in total. The summed E-state index contributed by atoms with van der Waals surface area (Å²) in [6, 6.07) is 0.256. The number of thioether (sulfide) groups is 1. The molecule has 0 radical (unpaired) electrons. The fourth-order valence-electron chi connectivity index (χ4n) is 1.91. The van der Waals surface area contributed by atoms with Crippen LogP contribution in [0.25, 0.3) is 0 Å². The lowest BCUT2D eigenvalue weighted by Crippen LogP contribution is -2.09. The Balaban J connectivity index is 2.14. The molecule has 0 fully saturated rings. The first-order chi connectivity index (χ1) is 9.90. The summed E-state index contributed by atoms with van der Waals surface area (Å²) < 4.78 is 3.62. The van der Waals surface area contributed by atoms with Crippen molar-refractivity contribution in [3.63, 3.8) is 0 Å². The van der Waals surface area contributed by atoms with Crippen LogP contribution in [0.5, 0.6) is 0 Å². The van der Waals surface area contributed by atoms with Gasteiger partial charge >= 0.3 is 5.69 Å². The highest BCUT2D eigenvalue weighted by Gasteiger charge is 2.18. The molecule has 2 rings (SSSR count). The molecule has 0 bridgehead atoms. The summed E-state index contributed by atoms with van der Waals surface area (Å²) in [4.78, 5) is 10.2. The predicted molar refractivity (Wildman–Crippen MR) is 79.2 cm³/mol. The molecule has 0 spiro atoms. The van der Waals surface area contributed by atoms with Crippen molar-refractivity contribution in [3.05, 3.63) is 28.3 Å². The molecule has 0 aliphatic rings. The van der Waals surface area contributed by atoms with E-state index in [0.717, 1.165) is 11.0 Å². The van der Waals surface area contributed by atoms with Crippen molar-refractivity contribution in [1.82, 2.24) is 24.5 Å². The Labute approximate surface area is 126 Å². The van der Waals surface area contributed by atoms with Crippen LogP contribution in [0, 0.1) is 10.1 Å². The molecule has 0 unspecified atom stereocenters. The van der Waals surface area contributed by atoms with E-state index in [4.69, 9.17) is 0 Å². The van der Waals surface area contributed by atoms with E-state index in [1.807, 2.05) is 0 Å². The van der Waals surface area contributed by atoms with Gasteiger partial charge in [-0.05, 0) is 13.8 Å². The number of nitrogens with zero attached hydrogens (tertiary/aromatic N) is 6. The lowest BCUT2D eigenvalue weighted by molar-refractivity contribution is -0.385. The normalized spacial score (nSPS) is 11.5. The van der Waals surface area contributed by atoms with Crippen molar-refractivity contribution in [2.75, 3.05) is 0 Å². The second-order valence-corrected chi connectivity index (χ2v) is 6.14. The maximum Gasteiger partial charge on any atom is 0.307 e. The van der Waals surface area contributed by atoms with Crippen LogP contribution >= 0.6 is 11.8 Å². The predicted octanol–water partition coefficient (Wildman–Crippen LogP) is 2.84. The van der Waals surface area contributed by atoms with Crippen molar-refractivity contribution in [2.45, 2.75) is 50.7 Å². The molecular weight excluding hydrogens is 292 g/mol. The van der Waals surface area contributed by atoms with Gasteiger partial charge in [0.2, 0.25) is 0 Å². The van der Waals surface area contributed by atoms with Crippen LogP contribution in [0.15, 0.2) is 17.6 Å². The Morgan fingerprint density at radius 2 is 2.05 bits per heavy atom. The minimum Gasteiger partial charge on any atom is -0.303 e. The summed E-state index contributed by atoms with van der Waals surface area (Å²) in [7, 11) is 0. The molecular formula is C12H18N6O2S. The van der Waals surface area contributed by atoms with Crippen molar-refractivity contribution >= 4 is 17.4 Å². The zero-order valence-corrected chi connectivity index (χ0v) is 13.2. The molecule has 2 aromatic heterocycles. The van der Waals surface area contributed by atoms with E-state index in [-0.39, 0.29) is 11.7 Å². The first-order valence-corrected chi connectivity index (χ1v) is 7.63. The third-order valence-electron chi connectivity index (χ3n) is 2.88. The van der Waals surface area contributed by atoms with Crippen LogP contribution in [0.1, 0.15) is 45.5 Å². The average Bonchev–Trinajstić information content (AvgIpc) is 3.03. The number of nitro groups is 1. The van der Waals surface area contributed by atoms with Gasteiger partial charge in [0.1, 0.15) is 18.2 Å². The van der Waals surface area contributed by atoms with Gasteiger partial charge in [-0.2, -0.15) is 5.10 Å². The van der Waals surface area contributed by atoms with E-state index in [0.29, 0.717) is 11.8 Å². The highest BCUT2D eigenvalue weighted by atomic mass is 32.2. The van der Waals surface area contributed by atoms with Crippen LogP contribution in [0.2, 0.25) is 0 Å². The van der Waals surface area contributed by atoms with Crippen LogP contribution in [-0.4, -0.2) is 29.5 Å². The Kier molecular flexibility index (Phi) is 4.61. The van der Waals surface area contributed by atoms with Gasteiger partial charge in [0.15, 0.2) is 5.16 Å². The van der Waals surface area contributed by atoms with E-state index in [2.05, 4.69) is 47.6 Å². The minimum absolute atomic E-state index is 0.0104. The third kappa shape index (κ3) is 3.41. The molecule has 0 aromatic carbocycles. The van der Waals surface area contributed by atoms with Crippen LogP contribution in [0.3, 0.4) is 0 Å². The summed E-state index contributed by atoms with van der Waals surface area (Å²) in [5.74, 6) is 1.69. The van der Waals surface area contributed by atoms with E-state index in [9.17, 15) is 10.1 Å². The average molecular weight is 310 g/mol. The van der Waals surface area contributed by atoms with Crippen molar-refractivity contribution in [3.8, 4) is 0 Å². The van der Waals surface area contributed by atoms with Crippen LogP contribution in [0.4, 0.5) is 5.69 Å². The second-order valence-electron chi connectivity index (χ2n) is 5.23. The monoisotopic (exact) mass is 310 g/mol. The highest BCUT2D eigenvalue weighted by Crippen LogP contribution is 2.26. The summed E-state index contributed by atoms with van der Waals surface area (Å²) in [6.07, 6.45) is 2.65. The molecule has 0 amide bonds. The van der Waals surface area contributed by atoms with E-state index in [1.54, 1.807) is 0 Å². The number of aromatic nitrogens is 5. The quantitative estimate of drug-likeness (QED) is 0.463. The Morgan fingerprint density at radius 1 is 1.33 bits per heavy atom. The molecule has 0 N–H and O–H groups in total. The third-order valence-corrected chi connectivity index (χ3v) is 3.81. The molecule has 0 saturated heterocycles. The molecule has 2 heterocycles. The van der Waals surface area contributed by atoms with Gasteiger partial charge in [-0.1, -0.05) is 25.6 Å². The van der Waals surface area contributed by atoms with Crippen molar-refractivity contribution in [2.24, 2.45) is 0 Å². The van der Waals surface area contributed by atoms with Gasteiger partial charge in [0.05, 0.1) is 10.8 Å². The zero-order valence-electron chi connectivity index (χ0n) is 12.4. The molecule has 0 aliphatic carbocycles. The summed E-state index contributed by atoms with van der Waals surface area (Å²) in [5.41, 5.74) is -0.0104. The standard InChI is InChI=1S/C12H18N6O2S/c1-8(2)11-14-15-12(17(11)9(3)4)21-7-16-6-10(5-13-16)18(19)20/h5-6,8-9H,7H2,1-4H3. The summed E-state index contributed by atoms with van der Waals surface area (Å²) in [5, 5.41) is 23.8. The molecule has 0 atom stereocenters. The second kappa shape index (κ2) is 6.25. The van der Waals surface area contributed by atoms with Gasteiger partial charge in [-0.3, -0.25) is 14.8 Å². The Morgan fingerprint density at radius 3 is 2.57 bits per heavy atom. The SMILES string of the molecule is CC(C)c1nnc(SCn2cc([N+](=O)[O-])cn2)n1C(C)C. The zero-order chi connectivity index (χ0) is 15.6. The fourth-order valence-corrected chi connectivity index (χ4v) is 2.84. The lowest BCUT2D eigenvalue weighted by Gasteiger charge is -2.15. The fraction of sp³-hybridized carbons (Fsp3) is 0.583. The first kappa shape index (κ1) is 15.5. The smallest absolute Gasteiger partial charge is 0.303 e. The molecule has 114 valence electrons. The van der Waals surface area contributed by atoms with Gasteiger partial charge in [0.25, 0.3) is 0 Å². The minimum atomic E-state index is -0.457. The number of rotatable bonds is 6. The Hall–Kier alpha value is -1.90. The van der Waals surface area contributed by atoms with Crippen molar-refractivity contribution < 1.29 is 4.92 Å². The Bertz CT molecular complexity index is 633. The maximum atomic E-state index is 10.6. The molecule has 0 saturated carbocycles. The van der Waals surface area contributed by atoms with Crippen molar-refractivity contribution in [1.29, 1.82) is 0 Å². The molecule has 9 heteroatoms. The largest absolute Gasteiger partial charge is 0.307 e. The number of hydrogen-bond donors (Lipinski definition) is 0. The topological polar surface area (TPSA) is 91.7 Å². The van der Waals surface area contributed by atoms with E-state index in [1.165, 1.54) is 28.8 Å². The van der Waals surface area contributed by atoms with Gasteiger partial charge in [-0.25, -0.2) is 0 Å². The molecule has 0 aliphatic heterocycles. The van der Waals surface area contributed by atoms with Gasteiger partial charge in [-0.15, -0.1) is 10.2 Å². The van der Waals surface area contributed by atoms with Gasteiger partial charge < -0.3 is 4.57 Å². The highest BCUT2D eigenvalue weighted by molar-refractivity contribution is 7.98. The first-order valence-electron chi connectivity index (χ1n) is 6.64. The maximum absolute atomic E-state index is 10.6. The van der Waals surface area contributed by atoms with E-state index >= 15 is 0 Å². The van der Waals surface area contributed by atoms with Crippen LogP contribution < -0.4 is 0 Å². The van der Waals surface area contributed by atoms with Crippen LogP contribution in [-0.2, 0) is 5.88 Å². The molecule has 21 heavy (non-hydrogen) atoms. The summed E-state index contributed by atoms with van der Waals surface area (Å²) >= 11 is 1.46. The van der Waals surface area contributed by atoms with E-state index < -0.39 is 4.92 Å². The lowest BCUT2D eigenvalue weighted by atomic mass is 10.2. The summed E-state index contributed by atoms with van der Waals surface area (Å²) in [6.45, 7) is 8.32. The number of hydrogen-bond acceptors (Lipinski definition) is 6. The molecule has 2 aromatic rings.